The van der Waals surface area contributed by atoms with Gasteiger partial charge in [-0.1, -0.05) is 25.4 Å². The molecule has 0 bridgehead atoms. The summed E-state index contributed by atoms with van der Waals surface area (Å²) in [5, 5.41) is 3.98. The summed E-state index contributed by atoms with van der Waals surface area (Å²) in [5.74, 6) is 0.627. The average Bonchev–Trinajstić information content (AvgIpc) is 2.67. The van der Waals surface area contributed by atoms with Crippen LogP contribution in [-0.2, 0) is 0 Å². The number of hydrogen-bond donors (Lipinski definition) is 1. The van der Waals surface area contributed by atoms with Gasteiger partial charge in [0, 0.05) is 6.04 Å². The first kappa shape index (κ1) is 9.99. The Bertz CT molecular complexity index is 365. The third-order valence-electron chi connectivity index (χ3n) is 2.54. The highest BCUT2D eigenvalue weighted by atomic mass is 35.5. The molecule has 1 unspecified atom stereocenters. The molecule has 0 saturated heterocycles. The van der Waals surface area contributed by atoms with Gasteiger partial charge >= 0.3 is 0 Å². The molecule has 0 spiro atoms. The van der Waals surface area contributed by atoms with E-state index in [1.165, 1.54) is 6.20 Å². The van der Waals surface area contributed by atoms with Gasteiger partial charge in [0.2, 0.25) is 5.28 Å². The fraction of sp³-hybridized carbons (Fsp3) is 0.556. The molecule has 1 aliphatic carbocycles. The topological polar surface area (TPSA) is 37.8 Å². The molecule has 1 aliphatic rings. The molecule has 5 heteroatoms. The van der Waals surface area contributed by atoms with Gasteiger partial charge in [-0.3, -0.25) is 0 Å². The SMILES string of the molecule is CC1(C)CC1Nc1nc(Cl)ncc1Cl. The summed E-state index contributed by atoms with van der Waals surface area (Å²) in [6.45, 7) is 4.39. The number of rotatable bonds is 2. The average molecular weight is 232 g/mol. The first-order valence-corrected chi connectivity index (χ1v) is 5.19. The highest BCUT2D eigenvalue weighted by Crippen LogP contribution is 2.46. The number of aromatic nitrogens is 2. The summed E-state index contributed by atoms with van der Waals surface area (Å²) in [6, 6.07) is 0.436. The van der Waals surface area contributed by atoms with Crippen LogP contribution in [0, 0.1) is 5.41 Å². The number of hydrogen-bond acceptors (Lipinski definition) is 3. The van der Waals surface area contributed by atoms with Gasteiger partial charge in [0.1, 0.15) is 10.8 Å². The van der Waals surface area contributed by atoms with Crippen LogP contribution in [0.5, 0.6) is 0 Å². The van der Waals surface area contributed by atoms with Gasteiger partial charge in [0.25, 0.3) is 0 Å². The van der Waals surface area contributed by atoms with Crippen LogP contribution in [-0.4, -0.2) is 16.0 Å². The number of nitrogens with zero attached hydrogens (tertiary/aromatic N) is 2. The monoisotopic (exact) mass is 231 g/mol. The molecule has 76 valence electrons. The summed E-state index contributed by atoms with van der Waals surface area (Å²) >= 11 is 11.6. The second-order valence-corrected chi connectivity index (χ2v) is 4.97. The zero-order valence-corrected chi connectivity index (χ0v) is 9.52. The van der Waals surface area contributed by atoms with Crippen molar-refractivity contribution < 1.29 is 0 Å². The molecule has 0 radical (unpaired) electrons. The normalized spacial score (nSPS) is 23.3. The molecule has 0 amide bonds. The van der Waals surface area contributed by atoms with Crippen molar-refractivity contribution in [2.75, 3.05) is 5.32 Å². The minimum atomic E-state index is 0.218. The maximum Gasteiger partial charge on any atom is 0.224 e. The maximum absolute atomic E-state index is 5.92. The van der Waals surface area contributed by atoms with Gasteiger partial charge in [-0.2, -0.15) is 4.98 Å². The molecular weight excluding hydrogens is 221 g/mol. The van der Waals surface area contributed by atoms with Crippen LogP contribution in [0.25, 0.3) is 0 Å². The Morgan fingerprint density at radius 1 is 1.50 bits per heavy atom. The zero-order valence-electron chi connectivity index (χ0n) is 8.01. The van der Waals surface area contributed by atoms with E-state index in [4.69, 9.17) is 23.2 Å². The largest absolute Gasteiger partial charge is 0.365 e. The summed E-state index contributed by atoms with van der Waals surface area (Å²) in [6.07, 6.45) is 2.64. The van der Waals surface area contributed by atoms with Gasteiger partial charge in [0.05, 0.1) is 6.20 Å². The summed E-state index contributed by atoms with van der Waals surface area (Å²) in [5.41, 5.74) is 0.334. The fourth-order valence-electron chi connectivity index (χ4n) is 1.33. The molecule has 0 aromatic carbocycles. The van der Waals surface area contributed by atoms with Crippen molar-refractivity contribution in [1.29, 1.82) is 0 Å². The fourth-order valence-corrected chi connectivity index (χ4v) is 1.60. The Balaban J connectivity index is 2.13. The van der Waals surface area contributed by atoms with E-state index in [0.29, 0.717) is 22.3 Å². The van der Waals surface area contributed by atoms with E-state index in [1.807, 2.05) is 0 Å². The number of nitrogens with one attached hydrogen (secondary N) is 1. The Kier molecular flexibility index (Phi) is 2.32. The number of anilines is 1. The standard InChI is InChI=1S/C9H11Cl2N3/c1-9(2)3-6(9)13-7-5(10)4-12-8(11)14-7/h4,6H,3H2,1-2H3,(H,12,13,14). The van der Waals surface area contributed by atoms with Crippen molar-refractivity contribution in [3.8, 4) is 0 Å². The van der Waals surface area contributed by atoms with Crippen molar-refractivity contribution in [3.63, 3.8) is 0 Å². The molecule has 1 aromatic rings. The van der Waals surface area contributed by atoms with Crippen LogP contribution in [0.4, 0.5) is 5.82 Å². The van der Waals surface area contributed by atoms with E-state index in [1.54, 1.807) is 0 Å². The lowest BCUT2D eigenvalue weighted by Gasteiger charge is -2.08. The second-order valence-electron chi connectivity index (χ2n) is 4.23. The number of halogens is 2. The lowest BCUT2D eigenvalue weighted by Crippen LogP contribution is -2.10. The van der Waals surface area contributed by atoms with E-state index in [9.17, 15) is 0 Å². The van der Waals surface area contributed by atoms with E-state index < -0.39 is 0 Å². The quantitative estimate of drug-likeness (QED) is 0.796. The maximum atomic E-state index is 5.92. The third-order valence-corrected chi connectivity index (χ3v) is 3.00. The van der Waals surface area contributed by atoms with Crippen LogP contribution in [0.1, 0.15) is 20.3 Å². The Morgan fingerprint density at radius 3 is 2.71 bits per heavy atom. The highest BCUT2D eigenvalue weighted by molar-refractivity contribution is 6.33. The van der Waals surface area contributed by atoms with Crippen LogP contribution >= 0.6 is 23.2 Å². The van der Waals surface area contributed by atoms with Crippen molar-refractivity contribution in [1.82, 2.24) is 9.97 Å². The molecule has 0 aliphatic heterocycles. The Morgan fingerprint density at radius 2 is 2.14 bits per heavy atom. The van der Waals surface area contributed by atoms with E-state index in [2.05, 4.69) is 29.1 Å². The van der Waals surface area contributed by atoms with Crippen LogP contribution < -0.4 is 5.32 Å². The first-order valence-electron chi connectivity index (χ1n) is 4.43. The summed E-state index contributed by atoms with van der Waals surface area (Å²) < 4.78 is 0. The first-order chi connectivity index (χ1) is 6.49. The molecule has 14 heavy (non-hydrogen) atoms. The molecule has 2 rings (SSSR count). The van der Waals surface area contributed by atoms with Crippen LogP contribution in [0.15, 0.2) is 6.20 Å². The summed E-state index contributed by atoms with van der Waals surface area (Å²) in [4.78, 5) is 7.82. The van der Waals surface area contributed by atoms with Crippen molar-refractivity contribution in [2.24, 2.45) is 5.41 Å². The minimum absolute atomic E-state index is 0.218. The van der Waals surface area contributed by atoms with E-state index in [0.717, 1.165) is 6.42 Å². The van der Waals surface area contributed by atoms with Gasteiger partial charge in [-0.15, -0.1) is 0 Å². The van der Waals surface area contributed by atoms with Gasteiger partial charge in [-0.05, 0) is 23.4 Å². The predicted molar refractivity (Wildman–Crippen MR) is 57.9 cm³/mol. The molecule has 3 nitrogen and oxygen atoms in total. The van der Waals surface area contributed by atoms with Crippen molar-refractivity contribution >= 4 is 29.0 Å². The van der Waals surface area contributed by atoms with E-state index >= 15 is 0 Å². The molecule has 1 N–H and O–H groups in total. The molecule has 1 saturated carbocycles. The highest BCUT2D eigenvalue weighted by Gasteiger charge is 2.46. The molecular formula is C9H11Cl2N3. The molecule has 1 aromatic heterocycles. The lowest BCUT2D eigenvalue weighted by atomic mass is 10.2. The zero-order chi connectivity index (χ0) is 10.3. The second kappa shape index (κ2) is 3.24. The van der Waals surface area contributed by atoms with Gasteiger partial charge in [-0.25, -0.2) is 4.98 Å². The molecule has 1 atom stereocenters. The summed E-state index contributed by atoms with van der Waals surface area (Å²) in [7, 11) is 0. The van der Waals surface area contributed by atoms with Gasteiger partial charge < -0.3 is 5.32 Å². The molecule has 1 heterocycles. The minimum Gasteiger partial charge on any atom is -0.365 e. The van der Waals surface area contributed by atoms with Crippen LogP contribution in [0.3, 0.4) is 0 Å². The smallest absolute Gasteiger partial charge is 0.224 e. The van der Waals surface area contributed by atoms with Crippen LogP contribution in [0.2, 0.25) is 10.3 Å². The van der Waals surface area contributed by atoms with E-state index in [-0.39, 0.29) is 5.28 Å². The third kappa shape index (κ3) is 1.93. The Hall–Kier alpha value is -0.540. The molecule has 1 fully saturated rings. The van der Waals surface area contributed by atoms with Gasteiger partial charge in [0.15, 0.2) is 0 Å². The van der Waals surface area contributed by atoms with Crippen molar-refractivity contribution in [3.05, 3.63) is 16.5 Å². The van der Waals surface area contributed by atoms with Crippen molar-refractivity contribution in [2.45, 2.75) is 26.3 Å². The lowest BCUT2D eigenvalue weighted by molar-refractivity contribution is 0.630. The predicted octanol–water partition coefficient (Wildman–Crippen LogP) is 2.99. The Labute approximate surface area is 92.8 Å².